The molecule has 0 unspecified atom stereocenters. The fourth-order valence-corrected chi connectivity index (χ4v) is 4.10. The molecular weight excluding hydrogens is 404 g/mol. The summed E-state index contributed by atoms with van der Waals surface area (Å²) < 4.78 is 9.88. The summed E-state index contributed by atoms with van der Waals surface area (Å²) in [5.41, 5.74) is 4.47. The lowest BCUT2D eigenvalue weighted by molar-refractivity contribution is 0.288. The molecule has 1 saturated carbocycles. The molecule has 0 atom stereocenters. The van der Waals surface area contributed by atoms with Gasteiger partial charge in [-0.05, 0) is 31.9 Å². The second-order valence-electron chi connectivity index (χ2n) is 7.63. The molecule has 1 aliphatic carbocycles. The molecule has 1 aliphatic heterocycles. The molecule has 0 spiro atoms. The van der Waals surface area contributed by atoms with Crippen molar-refractivity contribution in [3.05, 3.63) is 41.1 Å². The largest absolute Gasteiger partial charge is 0.475 e. The van der Waals surface area contributed by atoms with Gasteiger partial charge in [-0.3, -0.25) is 4.98 Å². The highest BCUT2D eigenvalue weighted by molar-refractivity contribution is 6.34. The van der Waals surface area contributed by atoms with E-state index in [1.54, 1.807) is 17.1 Å². The number of aryl methyl sites for hydroxylation is 2. The fourth-order valence-electron chi connectivity index (χ4n) is 3.88. The Morgan fingerprint density at radius 3 is 2.97 bits per heavy atom. The lowest BCUT2D eigenvalue weighted by Gasteiger charge is -2.11. The monoisotopic (exact) mass is 422 g/mol. The summed E-state index contributed by atoms with van der Waals surface area (Å²) in [6.07, 6.45) is 6.48. The second kappa shape index (κ2) is 6.66. The van der Waals surface area contributed by atoms with E-state index in [0.717, 1.165) is 47.4 Å². The van der Waals surface area contributed by atoms with Gasteiger partial charge in [0.2, 0.25) is 5.95 Å². The van der Waals surface area contributed by atoms with Crippen LogP contribution in [0.25, 0.3) is 16.7 Å². The minimum absolute atomic E-state index is 0.408. The van der Waals surface area contributed by atoms with E-state index in [2.05, 4.69) is 25.4 Å². The highest BCUT2D eigenvalue weighted by Crippen LogP contribution is 2.48. The van der Waals surface area contributed by atoms with Gasteiger partial charge >= 0.3 is 0 Å². The van der Waals surface area contributed by atoms with Crippen LogP contribution in [0.5, 0.6) is 5.88 Å². The van der Waals surface area contributed by atoms with Crippen LogP contribution < -0.4 is 10.1 Å². The topological polar surface area (TPSA) is 95.6 Å². The summed E-state index contributed by atoms with van der Waals surface area (Å²) >= 11 is 6.26. The van der Waals surface area contributed by atoms with Gasteiger partial charge in [0.05, 0.1) is 29.1 Å². The minimum atomic E-state index is 0.408. The van der Waals surface area contributed by atoms with E-state index < -0.39 is 0 Å². The Bertz CT molecular complexity index is 1280. The molecule has 9 nitrogen and oxygen atoms in total. The number of rotatable bonds is 2. The third kappa shape index (κ3) is 2.80. The van der Waals surface area contributed by atoms with Crippen molar-refractivity contribution in [1.29, 1.82) is 0 Å². The molecule has 4 aromatic heterocycles. The first kappa shape index (κ1) is 17.6. The average molecular weight is 423 g/mol. The van der Waals surface area contributed by atoms with E-state index >= 15 is 0 Å². The summed E-state index contributed by atoms with van der Waals surface area (Å²) in [5, 5.41) is 13.7. The molecule has 152 valence electrons. The van der Waals surface area contributed by atoms with Gasteiger partial charge in [-0.25, -0.2) is 14.3 Å². The van der Waals surface area contributed by atoms with E-state index in [9.17, 15) is 0 Å². The number of ether oxygens (including phenoxy) is 1. The Labute approximate surface area is 177 Å². The van der Waals surface area contributed by atoms with Gasteiger partial charge in [-0.15, -0.1) is 5.10 Å². The van der Waals surface area contributed by atoms with Crippen molar-refractivity contribution in [3.8, 4) is 11.6 Å². The molecule has 1 fully saturated rings. The molecule has 1 N–H and O–H groups in total. The molecule has 10 heteroatoms. The maximum atomic E-state index is 6.26. The van der Waals surface area contributed by atoms with E-state index in [0.29, 0.717) is 41.7 Å². The SMILES string of the molecule is Cc1ncccc1-n1nc2c(c1C1CC1)Nc1ncc3c(Cl)nn(c3n1)CCCO2. The lowest BCUT2D eigenvalue weighted by Crippen LogP contribution is -2.07. The number of fused-ring (bicyclic) bond motifs is 2. The summed E-state index contributed by atoms with van der Waals surface area (Å²) in [5.74, 6) is 1.43. The predicted molar refractivity (Wildman–Crippen MR) is 112 cm³/mol. The minimum Gasteiger partial charge on any atom is -0.475 e. The first-order chi connectivity index (χ1) is 14.7. The molecule has 0 radical (unpaired) electrons. The van der Waals surface area contributed by atoms with Crippen LogP contribution in [0.2, 0.25) is 5.15 Å². The first-order valence-electron chi connectivity index (χ1n) is 10.0. The molecule has 6 rings (SSSR count). The smallest absolute Gasteiger partial charge is 0.257 e. The van der Waals surface area contributed by atoms with Crippen LogP contribution in [0.3, 0.4) is 0 Å². The van der Waals surface area contributed by atoms with Gasteiger partial charge in [0, 0.05) is 31.3 Å². The molecule has 2 bridgehead atoms. The molecule has 4 aromatic rings. The van der Waals surface area contributed by atoms with Crippen LogP contribution >= 0.6 is 11.6 Å². The van der Waals surface area contributed by atoms with Gasteiger partial charge in [-0.2, -0.15) is 10.1 Å². The molecule has 30 heavy (non-hydrogen) atoms. The van der Waals surface area contributed by atoms with E-state index in [1.165, 1.54) is 0 Å². The zero-order valence-electron chi connectivity index (χ0n) is 16.3. The number of hydrogen-bond donors (Lipinski definition) is 1. The lowest BCUT2D eigenvalue weighted by atomic mass is 10.2. The number of halogens is 1. The zero-order valence-corrected chi connectivity index (χ0v) is 17.1. The first-order valence-corrected chi connectivity index (χ1v) is 10.4. The van der Waals surface area contributed by atoms with E-state index in [4.69, 9.17) is 21.4 Å². The maximum Gasteiger partial charge on any atom is 0.257 e. The Morgan fingerprint density at radius 2 is 2.13 bits per heavy atom. The predicted octanol–water partition coefficient (Wildman–Crippen LogP) is 3.77. The van der Waals surface area contributed by atoms with Crippen LogP contribution in [0, 0.1) is 6.92 Å². The molecular formula is C20H19ClN8O. The van der Waals surface area contributed by atoms with Gasteiger partial charge in [0.15, 0.2) is 10.8 Å². The maximum absolute atomic E-state index is 6.26. The number of hydrogen-bond acceptors (Lipinski definition) is 7. The van der Waals surface area contributed by atoms with Crippen LogP contribution in [-0.2, 0) is 6.54 Å². The summed E-state index contributed by atoms with van der Waals surface area (Å²) in [6, 6.07) is 3.95. The Balaban J connectivity index is 1.53. The summed E-state index contributed by atoms with van der Waals surface area (Å²) in [4.78, 5) is 13.6. The fraction of sp³-hybridized carbons (Fsp3) is 0.350. The zero-order chi connectivity index (χ0) is 20.2. The standard InChI is InChI=1S/C20H19ClN8O/c1-11-14(4-2-7-22-11)29-16(12-5-6-12)15-19(27-29)30-9-3-8-28-18-13(17(21)26-28)10-23-20(24-15)25-18/h2,4,7,10,12H,3,5-6,8-9H2,1H3,(H,23,24,25). The molecule has 5 heterocycles. The van der Waals surface area contributed by atoms with Crippen LogP contribution in [0.4, 0.5) is 11.6 Å². The summed E-state index contributed by atoms with van der Waals surface area (Å²) in [6.45, 7) is 3.14. The quantitative estimate of drug-likeness (QED) is 0.525. The van der Waals surface area contributed by atoms with E-state index in [-0.39, 0.29) is 0 Å². The molecule has 0 saturated heterocycles. The van der Waals surface area contributed by atoms with Crippen molar-refractivity contribution in [1.82, 2.24) is 34.5 Å². The van der Waals surface area contributed by atoms with Crippen LogP contribution in [0.15, 0.2) is 24.5 Å². The van der Waals surface area contributed by atoms with Crippen molar-refractivity contribution < 1.29 is 4.74 Å². The van der Waals surface area contributed by atoms with Gasteiger partial charge in [0.25, 0.3) is 5.88 Å². The van der Waals surface area contributed by atoms with Crippen molar-refractivity contribution in [2.45, 2.75) is 38.6 Å². The van der Waals surface area contributed by atoms with Crippen LogP contribution in [-0.4, -0.2) is 41.1 Å². The van der Waals surface area contributed by atoms with E-state index in [1.807, 2.05) is 23.7 Å². The highest BCUT2D eigenvalue weighted by Gasteiger charge is 2.35. The Hall–Kier alpha value is -3.20. The molecule has 0 aromatic carbocycles. The van der Waals surface area contributed by atoms with Gasteiger partial charge in [-0.1, -0.05) is 11.6 Å². The third-order valence-electron chi connectivity index (χ3n) is 5.49. The summed E-state index contributed by atoms with van der Waals surface area (Å²) in [7, 11) is 0. The number of nitrogens with zero attached hydrogens (tertiary/aromatic N) is 7. The normalized spacial score (nSPS) is 16.1. The Morgan fingerprint density at radius 1 is 1.23 bits per heavy atom. The van der Waals surface area contributed by atoms with Gasteiger partial charge < -0.3 is 10.1 Å². The van der Waals surface area contributed by atoms with Crippen molar-refractivity contribution in [3.63, 3.8) is 0 Å². The molecule has 2 aliphatic rings. The number of anilines is 2. The number of pyridine rings is 1. The van der Waals surface area contributed by atoms with Crippen LogP contribution in [0.1, 0.15) is 36.6 Å². The Kier molecular flexibility index (Phi) is 3.92. The highest BCUT2D eigenvalue weighted by atomic mass is 35.5. The number of aromatic nitrogens is 7. The second-order valence-corrected chi connectivity index (χ2v) is 7.99. The van der Waals surface area contributed by atoms with Gasteiger partial charge in [0.1, 0.15) is 5.69 Å². The number of nitrogens with one attached hydrogen (secondary N) is 1. The van der Waals surface area contributed by atoms with Crippen molar-refractivity contribution in [2.24, 2.45) is 0 Å². The average Bonchev–Trinajstić information content (AvgIpc) is 3.46. The molecule has 0 amide bonds. The third-order valence-corrected chi connectivity index (χ3v) is 5.77. The van der Waals surface area contributed by atoms with Crippen molar-refractivity contribution in [2.75, 3.05) is 11.9 Å². The van der Waals surface area contributed by atoms with Crippen molar-refractivity contribution >= 4 is 34.3 Å².